The zero-order chi connectivity index (χ0) is 10.6. The SMILES string of the molecule is CCCCc1ccc(O)cc1C(C)=O. The van der Waals surface area contributed by atoms with Gasteiger partial charge in [0.05, 0.1) is 0 Å². The number of phenolic OH excluding ortho intramolecular Hbond substituents is 1. The average molecular weight is 192 g/mol. The Balaban J connectivity index is 2.96. The van der Waals surface area contributed by atoms with Gasteiger partial charge in [-0.2, -0.15) is 0 Å². The number of rotatable bonds is 4. The molecule has 0 bridgehead atoms. The van der Waals surface area contributed by atoms with Crippen LogP contribution >= 0.6 is 0 Å². The molecule has 0 saturated carbocycles. The van der Waals surface area contributed by atoms with Crippen molar-refractivity contribution in [2.75, 3.05) is 0 Å². The van der Waals surface area contributed by atoms with E-state index >= 15 is 0 Å². The number of hydrogen-bond donors (Lipinski definition) is 1. The summed E-state index contributed by atoms with van der Waals surface area (Å²) in [7, 11) is 0. The van der Waals surface area contributed by atoms with Crippen molar-refractivity contribution in [2.45, 2.75) is 33.1 Å². The second-order valence-electron chi connectivity index (χ2n) is 3.50. The Morgan fingerprint density at radius 3 is 2.71 bits per heavy atom. The van der Waals surface area contributed by atoms with Crippen LogP contribution in [0.15, 0.2) is 18.2 Å². The van der Waals surface area contributed by atoms with Gasteiger partial charge >= 0.3 is 0 Å². The molecular weight excluding hydrogens is 176 g/mol. The topological polar surface area (TPSA) is 37.3 Å². The summed E-state index contributed by atoms with van der Waals surface area (Å²) < 4.78 is 0. The van der Waals surface area contributed by atoms with E-state index in [0.29, 0.717) is 5.56 Å². The van der Waals surface area contributed by atoms with E-state index in [0.717, 1.165) is 24.8 Å². The van der Waals surface area contributed by atoms with Crippen LogP contribution in [0.5, 0.6) is 5.75 Å². The molecule has 0 unspecified atom stereocenters. The summed E-state index contributed by atoms with van der Waals surface area (Å²) in [4.78, 5) is 11.3. The molecule has 0 aliphatic rings. The maximum absolute atomic E-state index is 11.3. The molecule has 0 atom stereocenters. The van der Waals surface area contributed by atoms with E-state index in [1.54, 1.807) is 12.1 Å². The van der Waals surface area contributed by atoms with Crippen molar-refractivity contribution >= 4 is 5.78 Å². The highest BCUT2D eigenvalue weighted by Gasteiger charge is 2.07. The van der Waals surface area contributed by atoms with Gasteiger partial charge in [0.1, 0.15) is 5.75 Å². The summed E-state index contributed by atoms with van der Waals surface area (Å²) in [6.07, 6.45) is 3.09. The Labute approximate surface area is 84.6 Å². The second kappa shape index (κ2) is 4.80. The Hall–Kier alpha value is -1.31. The smallest absolute Gasteiger partial charge is 0.160 e. The molecule has 76 valence electrons. The highest BCUT2D eigenvalue weighted by Crippen LogP contribution is 2.18. The molecule has 1 N–H and O–H groups in total. The maximum Gasteiger partial charge on any atom is 0.160 e. The number of carbonyl (C=O) groups is 1. The predicted octanol–water partition coefficient (Wildman–Crippen LogP) is 2.94. The van der Waals surface area contributed by atoms with Crippen LogP contribution in [0, 0.1) is 0 Å². The van der Waals surface area contributed by atoms with Crippen LogP contribution in [0.4, 0.5) is 0 Å². The number of aryl methyl sites for hydroxylation is 1. The number of unbranched alkanes of at least 4 members (excludes halogenated alkanes) is 1. The Kier molecular flexibility index (Phi) is 3.69. The molecule has 0 saturated heterocycles. The number of ketones is 1. The number of hydrogen-bond acceptors (Lipinski definition) is 2. The highest BCUT2D eigenvalue weighted by molar-refractivity contribution is 5.95. The first-order valence-corrected chi connectivity index (χ1v) is 4.98. The van der Waals surface area contributed by atoms with Gasteiger partial charge in [-0.15, -0.1) is 0 Å². The largest absolute Gasteiger partial charge is 0.508 e. The van der Waals surface area contributed by atoms with E-state index in [2.05, 4.69) is 6.92 Å². The van der Waals surface area contributed by atoms with E-state index in [1.165, 1.54) is 6.92 Å². The lowest BCUT2D eigenvalue weighted by molar-refractivity contribution is 0.101. The summed E-state index contributed by atoms with van der Waals surface area (Å²) in [5.41, 5.74) is 1.69. The number of aromatic hydroxyl groups is 1. The van der Waals surface area contributed by atoms with Gasteiger partial charge in [0.2, 0.25) is 0 Å². The Morgan fingerprint density at radius 1 is 1.43 bits per heavy atom. The fraction of sp³-hybridized carbons (Fsp3) is 0.417. The van der Waals surface area contributed by atoms with Crippen LogP contribution in [-0.4, -0.2) is 10.9 Å². The molecular formula is C12H16O2. The highest BCUT2D eigenvalue weighted by atomic mass is 16.3. The van der Waals surface area contributed by atoms with Gasteiger partial charge in [-0.25, -0.2) is 0 Å². The van der Waals surface area contributed by atoms with E-state index in [-0.39, 0.29) is 11.5 Å². The number of phenols is 1. The molecule has 1 aromatic rings. The summed E-state index contributed by atoms with van der Waals surface area (Å²) in [5.74, 6) is 0.183. The molecule has 0 aromatic heterocycles. The summed E-state index contributed by atoms with van der Waals surface area (Å²) >= 11 is 0. The van der Waals surface area contributed by atoms with Crippen LogP contribution in [0.25, 0.3) is 0 Å². The van der Waals surface area contributed by atoms with Crippen molar-refractivity contribution in [1.29, 1.82) is 0 Å². The Morgan fingerprint density at radius 2 is 2.14 bits per heavy atom. The van der Waals surface area contributed by atoms with Crippen molar-refractivity contribution in [3.8, 4) is 5.75 Å². The summed E-state index contributed by atoms with van der Waals surface area (Å²) in [5, 5.41) is 9.26. The van der Waals surface area contributed by atoms with Gasteiger partial charge < -0.3 is 5.11 Å². The molecule has 14 heavy (non-hydrogen) atoms. The molecule has 1 aromatic carbocycles. The lowest BCUT2D eigenvalue weighted by atomic mass is 9.99. The third-order valence-corrected chi connectivity index (χ3v) is 2.27. The predicted molar refractivity (Wildman–Crippen MR) is 56.7 cm³/mol. The average Bonchev–Trinajstić information content (AvgIpc) is 2.15. The molecule has 0 heterocycles. The minimum absolute atomic E-state index is 0.0204. The van der Waals surface area contributed by atoms with Gasteiger partial charge in [0.15, 0.2) is 5.78 Å². The van der Waals surface area contributed by atoms with Crippen molar-refractivity contribution in [3.63, 3.8) is 0 Å². The molecule has 0 radical (unpaired) electrons. The normalized spacial score (nSPS) is 10.1. The molecule has 0 aliphatic carbocycles. The fourth-order valence-corrected chi connectivity index (χ4v) is 1.48. The maximum atomic E-state index is 11.3. The van der Waals surface area contributed by atoms with Crippen LogP contribution in [-0.2, 0) is 6.42 Å². The first-order valence-electron chi connectivity index (χ1n) is 4.98. The van der Waals surface area contributed by atoms with Crippen LogP contribution in [0.2, 0.25) is 0 Å². The first-order chi connectivity index (χ1) is 6.65. The van der Waals surface area contributed by atoms with Crippen molar-refractivity contribution in [1.82, 2.24) is 0 Å². The van der Waals surface area contributed by atoms with Crippen molar-refractivity contribution in [2.24, 2.45) is 0 Å². The zero-order valence-electron chi connectivity index (χ0n) is 8.71. The fourth-order valence-electron chi connectivity index (χ4n) is 1.48. The zero-order valence-corrected chi connectivity index (χ0v) is 8.71. The van der Waals surface area contributed by atoms with Crippen LogP contribution < -0.4 is 0 Å². The molecule has 0 amide bonds. The minimum Gasteiger partial charge on any atom is -0.508 e. The van der Waals surface area contributed by atoms with E-state index in [4.69, 9.17) is 0 Å². The van der Waals surface area contributed by atoms with Crippen molar-refractivity contribution < 1.29 is 9.90 Å². The van der Waals surface area contributed by atoms with Crippen LogP contribution in [0.1, 0.15) is 42.6 Å². The molecule has 2 heteroatoms. The standard InChI is InChI=1S/C12H16O2/c1-3-4-5-10-6-7-11(14)8-12(10)9(2)13/h6-8,14H,3-5H2,1-2H3. The lowest BCUT2D eigenvalue weighted by Gasteiger charge is -2.06. The van der Waals surface area contributed by atoms with Gasteiger partial charge in [-0.1, -0.05) is 19.4 Å². The van der Waals surface area contributed by atoms with Gasteiger partial charge in [-0.05, 0) is 37.5 Å². The molecule has 0 aliphatic heterocycles. The van der Waals surface area contributed by atoms with E-state index < -0.39 is 0 Å². The third kappa shape index (κ3) is 2.59. The molecule has 0 spiro atoms. The number of Topliss-reactive ketones (excluding diaryl/α,β-unsaturated/α-hetero) is 1. The minimum atomic E-state index is 0.0204. The lowest BCUT2D eigenvalue weighted by Crippen LogP contribution is -1.99. The molecule has 2 nitrogen and oxygen atoms in total. The number of benzene rings is 1. The first kappa shape index (κ1) is 10.8. The summed E-state index contributed by atoms with van der Waals surface area (Å²) in [6.45, 7) is 3.65. The summed E-state index contributed by atoms with van der Waals surface area (Å²) in [6, 6.07) is 5.02. The van der Waals surface area contributed by atoms with Gasteiger partial charge in [-0.3, -0.25) is 4.79 Å². The molecule has 1 rings (SSSR count). The van der Waals surface area contributed by atoms with Gasteiger partial charge in [0, 0.05) is 5.56 Å². The Bertz CT molecular complexity index is 329. The third-order valence-electron chi connectivity index (χ3n) is 2.27. The number of carbonyl (C=O) groups excluding carboxylic acids is 1. The quantitative estimate of drug-likeness (QED) is 0.745. The monoisotopic (exact) mass is 192 g/mol. The van der Waals surface area contributed by atoms with Gasteiger partial charge in [0.25, 0.3) is 0 Å². The van der Waals surface area contributed by atoms with Crippen LogP contribution in [0.3, 0.4) is 0 Å². The van der Waals surface area contributed by atoms with E-state index in [9.17, 15) is 9.90 Å². The molecule has 0 fully saturated rings. The van der Waals surface area contributed by atoms with Crippen molar-refractivity contribution in [3.05, 3.63) is 29.3 Å². The second-order valence-corrected chi connectivity index (χ2v) is 3.50. The van der Waals surface area contributed by atoms with E-state index in [1.807, 2.05) is 6.07 Å².